The minimum atomic E-state index is -1.44. The summed E-state index contributed by atoms with van der Waals surface area (Å²) in [5.41, 5.74) is 0.244. The Balaban J connectivity index is 2.33. The molecule has 1 unspecified atom stereocenters. The maximum Gasteiger partial charge on any atom is 0.338 e. The standard InChI is InChI=1S/C15H12BrF2NO2/c1-8(9-4-2-3-5-11(9)16)19-14-6-10(15(20)21)12(17)7-13(14)18/h2-8,19H,1H3,(H,20,21). The van der Waals surface area contributed by atoms with Crippen LogP contribution >= 0.6 is 15.9 Å². The van der Waals surface area contributed by atoms with Gasteiger partial charge in [0.05, 0.1) is 11.3 Å². The summed E-state index contributed by atoms with van der Waals surface area (Å²) in [5.74, 6) is -3.38. The number of hydrogen-bond acceptors (Lipinski definition) is 2. The van der Waals surface area contributed by atoms with Gasteiger partial charge in [0, 0.05) is 16.6 Å². The molecule has 0 radical (unpaired) electrons. The van der Waals surface area contributed by atoms with Crippen molar-refractivity contribution in [1.29, 1.82) is 0 Å². The van der Waals surface area contributed by atoms with Crippen LogP contribution in [-0.2, 0) is 0 Å². The lowest BCUT2D eigenvalue weighted by atomic mass is 10.1. The fourth-order valence-electron chi connectivity index (χ4n) is 1.96. The van der Waals surface area contributed by atoms with Crippen LogP contribution in [0.4, 0.5) is 14.5 Å². The summed E-state index contributed by atoms with van der Waals surface area (Å²) in [4.78, 5) is 10.9. The maximum atomic E-state index is 13.8. The molecule has 0 bridgehead atoms. The van der Waals surface area contributed by atoms with Gasteiger partial charge in [-0.1, -0.05) is 34.1 Å². The smallest absolute Gasteiger partial charge is 0.338 e. The van der Waals surface area contributed by atoms with Crippen molar-refractivity contribution < 1.29 is 18.7 Å². The molecule has 1 atom stereocenters. The molecule has 0 spiro atoms. The summed E-state index contributed by atoms with van der Waals surface area (Å²) in [5, 5.41) is 11.7. The molecule has 21 heavy (non-hydrogen) atoms. The summed E-state index contributed by atoms with van der Waals surface area (Å²) in [6.45, 7) is 1.79. The Bertz CT molecular complexity index is 691. The minimum absolute atomic E-state index is 0.0583. The summed E-state index contributed by atoms with van der Waals surface area (Å²) < 4.78 is 28.0. The van der Waals surface area contributed by atoms with Crippen molar-refractivity contribution in [3.05, 3.63) is 63.6 Å². The zero-order chi connectivity index (χ0) is 15.6. The molecule has 2 aromatic carbocycles. The average Bonchev–Trinajstić information content (AvgIpc) is 2.41. The first kappa shape index (κ1) is 15.4. The average molecular weight is 356 g/mol. The maximum absolute atomic E-state index is 13.8. The monoisotopic (exact) mass is 355 g/mol. The number of benzene rings is 2. The number of anilines is 1. The molecule has 6 heteroatoms. The number of aromatic carboxylic acids is 1. The summed E-state index contributed by atoms with van der Waals surface area (Å²) >= 11 is 3.39. The van der Waals surface area contributed by atoms with Gasteiger partial charge in [0.2, 0.25) is 0 Å². The van der Waals surface area contributed by atoms with Crippen molar-refractivity contribution in [2.75, 3.05) is 5.32 Å². The van der Waals surface area contributed by atoms with E-state index in [1.54, 1.807) is 6.92 Å². The van der Waals surface area contributed by atoms with Crippen LogP contribution in [0.2, 0.25) is 0 Å². The van der Waals surface area contributed by atoms with Crippen molar-refractivity contribution in [3.8, 4) is 0 Å². The molecule has 0 saturated carbocycles. The molecule has 0 fully saturated rings. The molecule has 3 nitrogen and oxygen atoms in total. The molecule has 0 saturated heterocycles. The number of carboxylic acids is 1. The van der Waals surface area contributed by atoms with E-state index in [2.05, 4.69) is 21.2 Å². The highest BCUT2D eigenvalue weighted by Crippen LogP contribution is 2.28. The highest BCUT2D eigenvalue weighted by Gasteiger charge is 2.17. The van der Waals surface area contributed by atoms with Crippen LogP contribution in [0, 0.1) is 11.6 Å². The topological polar surface area (TPSA) is 49.3 Å². The Morgan fingerprint density at radius 3 is 2.52 bits per heavy atom. The van der Waals surface area contributed by atoms with E-state index in [0.717, 1.165) is 16.1 Å². The minimum Gasteiger partial charge on any atom is -0.478 e. The molecule has 0 heterocycles. The second-order valence-electron chi connectivity index (χ2n) is 4.50. The number of nitrogens with one attached hydrogen (secondary N) is 1. The molecule has 0 aliphatic carbocycles. The van der Waals surface area contributed by atoms with Gasteiger partial charge in [0.25, 0.3) is 0 Å². The number of carboxylic acid groups (broad SMARTS) is 1. The second kappa shape index (κ2) is 6.22. The van der Waals surface area contributed by atoms with Crippen molar-refractivity contribution in [2.24, 2.45) is 0 Å². The van der Waals surface area contributed by atoms with Gasteiger partial charge in [-0.3, -0.25) is 0 Å². The first-order chi connectivity index (χ1) is 9.90. The lowest BCUT2D eigenvalue weighted by Gasteiger charge is -2.18. The SMILES string of the molecule is CC(Nc1cc(C(=O)O)c(F)cc1F)c1ccccc1Br. The Morgan fingerprint density at radius 1 is 1.24 bits per heavy atom. The quantitative estimate of drug-likeness (QED) is 0.842. The highest BCUT2D eigenvalue weighted by atomic mass is 79.9. The molecule has 0 aromatic heterocycles. The first-order valence-electron chi connectivity index (χ1n) is 6.13. The fourth-order valence-corrected chi connectivity index (χ4v) is 2.59. The molecule has 0 aliphatic rings. The van der Waals surface area contributed by atoms with Crippen LogP contribution < -0.4 is 5.32 Å². The predicted octanol–water partition coefficient (Wildman–Crippen LogP) is 4.60. The number of rotatable bonds is 4. The van der Waals surface area contributed by atoms with E-state index in [0.29, 0.717) is 6.07 Å². The third-order valence-electron chi connectivity index (χ3n) is 3.03. The number of carbonyl (C=O) groups is 1. The molecule has 0 amide bonds. The van der Waals surface area contributed by atoms with E-state index >= 15 is 0 Å². The first-order valence-corrected chi connectivity index (χ1v) is 6.92. The molecule has 0 aliphatic heterocycles. The van der Waals surface area contributed by atoms with Crippen LogP contribution in [0.1, 0.15) is 28.9 Å². The van der Waals surface area contributed by atoms with Crippen molar-refractivity contribution in [3.63, 3.8) is 0 Å². The van der Waals surface area contributed by atoms with E-state index in [-0.39, 0.29) is 11.7 Å². The number of hydrogen-bond donors (Lipinski definition) is 2. The molecular formula is C15H12BrF2NO2. The molecule has 110 valence electrons. The van der Waals surface area contributed by atoms with E-state index in [1.165, 1.54) is 0 Å². The van der Waals surface area contributed by atoms with Crippen LogP contribution in [0.15, 0.2) is 40.9 Å². The largest absolute Gasteiger partial charge is 0.478 e. The molecule has 2 aromatic rings. The van der Waals surface area contributed by atoms with Crippen molar-refractivity contribution >= 4 is 27.6 Å². The van der Waals surface area contributed by atoms with Crippen LogP contribution in [-0.4, -0.2) is 11.1 Å². The third kappa shape index (κ3) is 3.39. The van der Waals surface area contributed by atoms with Gasteiger partial charge in [-0.05, 0) is 24.6 Å². The van der Waals surface area contributed by atoms with Gasteiger partial charge in [0.15, 0.2) is 0 Å². The zero-order valence-corrected chi connectivity index (χ0v) is 12.6. The number of halogens is 3. The van der Waals surface area contributed by atoms with Gasteiger partial charge >= 0.3 is 5.97 Å². The Hall–Kier alpha value is -1.95. The van der Waals surface area contributed by atoms with Gasteiger partial charge < -0.3 is 10.4 Å². The van der Waals surface area contributed by atoms with Gasteiger partial charge in [0.1, 0.15) is 11.6 Å². The second-order valence-corrected chi connectivity index (χ2v) is 5.36. The van der Waals surface area contributed by atoms with Gasteiger partial charge in [-0.25, -0.2) is 13.6 Å². The van der Waals surface area contributed by atoms with Crippen LogP contribution in [0.25, 0.3) is 0 Å². The predicted molar refractivity (Wildman–Crippen MR) is 79.5 cm³/mol. The van der Waals surface area contributed by atoms with E-state index in [4.69, 9.17) is 5.11 Å². The van der Waals surface area contributed by atoms with Gasteiger partial charge in [-0.2, -0.15) is 0 Å². The molecule has 2 rings (SSSR count). The zero-order valence-electron chi connectivity index (χ0n) is 11.0. The van der Waals surface area contributed by atoms with Gasteiger partial charge in [-0.15, -0.1) is 0 Å². The van der Waals surface area contributed by atoms with Crippen molar-refractivity contribution in [1.82, 2.24) is 0 Å². The Morgan fingerprint density at radius 2 is 1.90 bits per heavy atom. The lowest BCUT2D eigenvalue weighted by molar-refractivity contribution is 0.0692. The molecule has 2 N–H and O–H groups in total. The van der Waals surface area contributed by atoms with Crippen LogP contribution in [0.5, 0.6) is 0 Å². The normalized spacial score (nSPS) is 12.0. The van der Waals surface area contributed by atoms with E-state index in [1.807, 2.05) is 24.3 Å². The Labute approximate surface area is 128 Å². The molecular weight excluding hydrogens is 344 g/mol. The summed E-state index contributed by atoms with van der Waals surface area (Å²) in [7, 11) is 0. The summed E-state index contributed by atoms with van der Waals surface area (Å²) in [6, 6.07) is 8.61. The van der Waals surface area contributed by atoms with E-state index in [9.17, 15) is 13.6 Å². The van der Waals surface area contributed by atoms with Crippen LogP contribution in [0.3, 0.4) is 0 Å². The lowest BCUT2D eigenvalue weighted by Crippen LogP contribution is -2.11. The Kier molecular flexibility index (Phi) is 4.57. The van der Waals surface area contributed by atoms with E-state index < -0.39 is 23.2 Å². The fraction of sp³-hybridized carbons (Fsp3) is 0.133. The van der Waals surface area contributed by atoms with Crippen molar-refractivity contribution in [2.45, 2.75) is 13.0 Å². The summed E-state index contributed by atoms with van der Waals surface area (Å²) in [6.07, 6.45) is 0. The third-order valence-corrected chi connectivity index (χ3v) is 3.75. The highest BCUT2D eigenvalue weighted by molar-refractivity contribution is 9.10.